The molecule has 0 saturated carbocycles. The molecule has 2 aromatic rings. The first kappa shape index (κ1) is 17.5. The van der Waals surface area contributed by atoms with Gasteiger partial charge in [0.25, 0.3) is 0 Å². The van der Waals surface area contributed by atoms with Gasteiger partial charge in [-0.2, -0.15) is 0 Å². The van der Waals surface area contributed by atoms with Crippen LogP contribution in [0.4, 0.5) is 0 Å². The van der Waals surface area contributed by atoms with E-state index >= 15 is 0 Å². The molecule has 1 aromatic heterocycles. The number of hydrogen-bond donors (Lipinski definition) is 1. The molecule has 23 heavy (non-hydrogen) atoms. The maximum atomic E-state index is 12.4. The summed E-state index contributed by atoms with van der Waals surface area (Å²) >= 11 is 0. The second-order valence-corrected chi connectivity index (χ2v) is 7.38. The molecule has 0 unspecified atom stereocenters. The predicted molar refractivity (Wildman–Crippen MR) is 87.2 cm³/mol. The molecule has 1 aromatic carbocycles. The number of hydrogen-bond acceptors (Lipinski definition) is 5. The van der Waals surface area contributed by atoms with Crippen LogP contribution in [0.1, 0.15) is 29.5 Å². The van der Waals surface area contributed by atoms with Gasteiger partial charge in [-0.3, -0.25) is 0 Å². The molecular weight excluding hydrogens is 316 g/mol. The van der Waals surface area contributed by atoms with E-state index in [1.807, 2.05) is 32.0 Å². The van der Waals surface area contributed by atoms with Crippen LogP contribution in [0.25, 0.3) is 0 Å². The molecular formula is C16H22N2O4S. The van der Waals surface area contributed by atoms with E-state index in [2.05, 4.69) is 9.88 Å². The van der Waals surface area contributed by atoms with Crippen LogP contribution in [0.2, 0.25) is 0 Å². The standard InChI is InChI=1S/C16H22N2O4S/c1-10-6-7-15(8-11(10)2)21-9-12(3)18-23(19,20)16-13(4)17-22-14(16)5/h6-8,12,18H,9H2,1-5H3/t12-/m0/s1. The third-order valence-corrected chi connectivity index (χ3v) is 5.40. The fraction of sp³-hybridized carbons (Fsp3) is 0.438. The minimum Gasteiger partial charge on any atom is -0.492 e. The molecule has 0 aliphatic carbocycles. The summed E-state index contributed by atoms with van der Waals surface area (Å²) in [6.07, 6.45) is 0. The maximum Gasteiger partial charge on any atom is 0.246 e. The molecule has 0 radical (unpaired) electrons. The Kier molecular flexibility index (Phi) is 5.11. The van der Waals surface area contributed by atoms with Crippen LogP contribution in [-0.4, -0.2) is 26.2 Å². The molecule has 126 valence electrons. The largest absolute Gasteiger partial charge is 0.492 e. The van der Waals surface area contributed by atoms with Crippen molar-refractivity contribution in [2.24, 2.45) is 0 Å². The summed E-state index contributed by atoms with van der Waals surface area (Å²) in [5.74, 6) is 0.994. The summed E-state index contributed by atoms with van der Waals surface area (Å²) in [5.41, 5.74) is 2.66. The fourth-order valence-corrected chi connectivity index (χ4v) is 3.80. The summed E-state index contributed by atoms with van der Waals surface area (Å²) < 4.78 is 37.9. The van der Waals surface area contributed by atoms with Crippen LogP contribution in [0.3, 0.4) is 0 Å². The van der Waals surface area contributed by atoms with Crippen molar-refractivity contribution < 1.29 is 17.7 Å². The van der Waals surface area contributed by atoms with Crippen LogP contribution in [0.15, 0.2) is 27.6 Å². The molecule has 1 heterocycles. The number of ether oxygens (including phenoxy) is 1. The first-order valence-electron chi connectivity index (χ1n) is 7.36. The lowest BCUT2D eigenvalue weighted by Crippen LogP contribution is -2.37. The average molecular weight is 338 g/mol. The Bertz CT molecular complexity index is 777. The van der Waals surface area contributed by atoms with Crippen LogP contribution in [0.5, 0.6) is 5.75 Å². The van der Waals surface area contributed by atoms with Crippen LogP contribution in [-0.2, 0) is 10.0 Å². The van der Waals surface area contributed by atoms with Gasteiger partial charge in [-0.05, 0) is 57.9 Å². The molecule has 0 bridgehead atoms. The second-order valence-electron chi connectivity index (χ2n) is 5.73. The summed E-state index contributed by atoms with van der Waals surface area (Å²) in [6.45, 7) is 9.18. The van der Waals surface area contributed by atoms with Crippen molar-refractivity contribution in [2.45, 2.75) is 45.6 Å². The quantitative estimate of drug-likeness (QED) is 0.876. The number of aromatic nitrogens is 1. The third kappa shape index (κ3) is 4.11. The van der Waals surface area contributed by atoms with E-state index in [-0.39, 0.29) is 17.3 Å². The second kappa shape index (κ2) is 6.72. The van der Waals surface area contributed by atoms with Gasteiger partial charge in [0.15, 0.2) is 5.76 Å². The molecule has 7 heteroatoms. The van der Waals surface area contributed by atoms with Gasteiger partial charge in [0, 0.05) is 0 Å². The Morgan fingerprint density at radius 1 is 1.22 bits per heavy atom. The molecule has 0 saturated heterocycles. The average Bonchev–Trinajstić information content (AvgIpc) is 2.79. The van der Waals surface area contributed by atoms with Crippen molar-refractivity contribution in [2.75, 3.05) is 6.61 Å². The Hall–Kier alpha value is -1.86. The summed E-state index contributed by atoms with van der Waals surface area (Å²) in [5, 5.41) is 3.68. The summed E-state index contributed by atoms with van der Waals surface area (Å²) in [4.78, 5) is 0.0931. The highest BCUT2D eigenvalue weighted by Gasteiger charge is 2.25. The zero-order chi connectivity index (χ0) is 17.2. The van der Waals surface area contributed by atoms with E-state index in [1.54, 1.807) is 20.8 Å². The monoisotopic (exact) mass is 338 g/mol. The smallest absolute Gasteiger partial charge is 0.246 e. The molecule has 0 amide bonds. The number of aryl methyl sites for hydroxylation is 4. The normalized spacial score (nSPS) is 13.1. The number of rotatable bonds is 6. The van der Waals surface area contributed by atoms with Crippen LogP contribution in [0, 0.1) is 27.7 Å². The highest BCUT2D eigenvalue weighted by molar-refractivity contribution is 7.89. The Balaban J connectivity index is 2.01. The van der Waals surface area contributed by atoms with Gasteiger partial charge < -0.3 is 9.26 Å². The molecule has 6 nitrogen and oxygen atoms in total. The van der Waals surface area contributed by atoms with Gasteiger partial charge in [-0.1, -0.05) is 11.2 Å². The molecule has 0 fully saturated rings. The first-order valence-corrected chi connectivity index (χ1v) is 8.84. The minimum absolute atomic E-state index is 0.0931. The van der Waals surface area contributed by atoms with Crippen molar-refractivity contribution in [3.8, 4) is 5.75 Å². The van der Waals surface area contributed by atoms with E-state index in [9.17, 15) is 8.42 Å². The van der Waals surface area contributed by atoms with E-state index < -0.39 is 16.1 Å². The van der Waals surface area contributed by atoms with Crippen molar-refractivity contribution in [3.63, 3.8) is 0 Å². The molecule has 2 rings (SSSR count). The highest BCUT2D eigenvalue weighted by Crippen LogP contribution is 2.19. The number of benzene rings is 1. The van der Waals surface area contributed by atoms with Crippen LogP contribution >= 0.6 is 0 Å². The lowest BCUT2D eigenvalue weighted by atomic mass is 10.1. The van der Waals surface area contributed by atoms with Crippen molar-refractivity contribution in [1.29, 1.82) is 0 Å². The minimum atomic E-state index is -3.68. The number of nitrogens with zero attached hydrogens (tertiary/aromatic N) is 1. The first-order chi connectivity index (χ1) is 10.7. The third-order valence-electron chi connectivity index (χ3n) is 3.57. The highest BCUT2D eigenvalue weighted by atomic mass is 32.2. The van der Waals surface area contributed by atoms with Crippen molar-refractivity contribution in [3.05, 3.63) is 40.8 Å². The molecule has 1 atom stereocenters. The zero-order valence-corrected chi connectivity index (χ0v) is 14.8. The number of sulfonamides is 1. The zero-order valence-electron chi connectivity index (χ0n) is 14.0. The maximum absolute atomic E-state index is 12.4. The van der Waals surface area contributed by atoms with Gasteiger partial charge in [0.2, 0.25) is 10.0 Å². The van der Waals surface area contributed by atoms with Crippen molar-refractivity contribution in [1.82, 2.24) is 9.88 Å². The number of nitrogens with one attached hydrogen (secondary N) is 1. The van der Waals surface area contributed by atoms with E-state index in [1.165, 1.54) is 5.56 Å². The Morgan fingerprint density at radius 3 is 2.48 bits per heavy atom. The molecule has 0 aliphatic heterocycles. The predicted octanol–water partition coefficient (Wildman–Crippen LogP) is 2.65. The summed E-state index contributed by atoms with van der Waals surface area (Å²) in [7, 11) is -3.68. The van der Waals surface area contributed by atoms with Gasteiger partial charge in [-0.15, -0.1) is 0 Å². The van der Waals surface area contributed by atoms with Gasteiger partial charge in [0.05, 0.1) is 6.04 Å². The van der Waals surface area contributed by atoms with Gasteiger partial charge in [-0.25, -0.2) is 13.1 Å². The molecule has 0 aliphatic rings. The molecule has 1 N–H and O–H groups in total. The van der Waals surface area contributed by atoms with E-state index in [4.69, 9.17) is 9.26 Å². The van der Waals surface area contributed by atoms with Crippen molar-refractivity contribution >= 4 is 10.0 Å². The van der Waals surface area contributed by atoms with E-state index in [0.717, 1.165) is 11.3 Å². The van der Waals surface area contributed by atoms with E-state index in [0.29, 0.717) is 5.69 Å². The van der Waals surface area contributed by atoms with Gasteiger partial charge in [0.1, 0.15) is 22.9 Å². The molecule has 0 spiro atoms. The SMILES string of the molecule is Cc1ccc(OC[C@H](C)NS(=O)(=O)c2c(C)noc2C)cc1C. The summed E-state index contributed by atoms with van der Waals surface area (Å²) in [6, 6.07) is 5.39. The van der Waals surface area contributed by atoms with Gasteiger partial charge >= 0.3 is 0 Å². The Morgan fingerprint density at radius 2 is 1.91 bits per heavy atom. The lowest BCUT2D eigenvalue weighted by molar-refractivity contribution is 0.287. The van der Waals surface area contributed by atoms with Crippen LogP contribution < -0.4 is 9.46 Å². The lowest BCUT2D eigenvalue weighted by Gasteiger charge is -2.15. The fourth-order valence-electron chi connectivity index (χ4n) is 2.24. The topological polar surface area (TPSA) is 81.4 Å². The Labute approximate surface area is 136 Å².